The molecule has 1 fully saturated rings. The lowest BCUT2D eigenvalue weighted by Crippen LogP contribution is -2.23. The summed E-state index contributed by atoms with van der Waals surface area (Å²) in [5.74, 6) is 0.424. The maximum atomic E-state index is 13.3. The van der Waals surface area contributed by atoms with Crippen molar-refractivity contribution in [1.29, 1.82) is 0 Å². The third-order valence-corrected chi connectivity index (χ3v) is 3.46. The SMILES string of the molecule is CC(F)C(CC=O)C1CCCCCC1. The summed E-state index contributed by atoms with van der Waals surface area (Å²) in [5, 5.41) is 0. The molecule has 1 aliphatic rings. The Morgan fingerprint density at radius 2 is 1.86 bits per heavy atom. The summed E-state index contributed by atoms with van der Waals surface area (Å²) >= 11 is 0. The van der Waals surface area contributed by atoms with Gasteiger partial charge >= 0.3 is 0 Å². The lowest BCUT2D eigenvalue weighted by Gasteiger charge is -2.25. The minimum absolute atomic E-state index is 0.0226. The molecule has 0 saturated heterocycles. The molecule has 0 aromatic carbocycles. The van der Waals surface area contributed by atoms with E-state index in [1.807, 2.05) is 0 Å². The van der Waals surface area contributed by atoms with E-state index in [0.29, 0.717) is 12.3 Å². The fourth-order valence-electron chi connectivity index (χ4n) is 2.61. The number of rotatable bonds is 4. The Hall–Kier alpha value is -0.400. The largest absolute Gasteiger partial charge is 0.303 e. The molecule has 1 rings (SSSR count). The van der Waals surface area contributed by atoms with Crippen molar-refractivity contribution in [3.8, 4) is 0 Å². The van der Waals surface area contributed by atoms with Gasteiger partial charge in [-0.2, -0.15) is 0 Å². The summed E-state index contributed by atoms with van der Waals surface area (Å²) in [6.45, 7) is 1.60. The van der Waals surface area contributed by atoms with Crippen LogP contribution in [0.15, 0.2) is 0 Å². The van der Waals surface area contributed by atoms with Gasteiger partial charge in [0.15, 0.2) is 0 Å². The molecule has 14 heavy (non-hydrogen) atoms. The van der Waals surface area contributed by atoms with Gasteiger partial charge in [0.05, 0.1) is 0 Å². The van der Waals surface area contributed by atoms with Gasteiger partial charge in [-0.1, -0.05) is 38.5 Å². The molecule has 2 atom stereocenters. The maximum Gasteiger partial charge on any atom is 0.120 e. The smallest absolute Gasteiger partial charge is 0.120 e. The predicted molar refractivity (Wildman–Crippen MR) is 55.9 cm³/mol. The molecule has 0 bridgehead atoms. The number of carbonyl (C=O) groups is 1. The highest BCUT2D eigenvalue weighted by Gasteiger charge is 2.26. The van der Waals surface area contributed by atoms with Crippen molar-refractivity contribution in [3.63, 3.8) is 0 Å². The van der Waals surface area contributed by atoms with Gasteiger partial charge in [-0.25, -0.2) is 4.39 Å². The third kappa shape index (κ3) is 3.39. The highest BCUT2D eigenvalue weighted by molar-refractivity contribution is 5.49. The molecule has 0 spiro atoms. The van der Waals surface area contributed by atoms with Crippen molar-refractivity contribution in [2.24, 2.45) is 11.8 Å². The van der Waals surface area contributed by atoms with Crippen LogP contribution in [0.3, 0.4) is 0 Å². The number of aldehydes is 1. The predicted octanol–water partition coefficient (Wildman–Crippen LogP) is 3.52. The lowest BCUT2D eigenvalue weighted by atomic mass is 9.82. The molecular weight excluding hydrogens is 179 g/mol. The highest BCUT2D eigenvalue weighted by atomic mass is 19.1. The number of alkyl halides is 1. The Labute approximate surface area is 86.1 Å². The van der Waals surface area contributed by atoms with E-state index in [1.165, 1.54) is 25.7 Å². The Bertz CT molecular complexity index is 160. The van der Waals surface area contributed by atoms with E-state index in [1.54, 1.807) is 6.92 Å². The summed E-state index contributed by atoms with van der Waals surface area (Å²) < 4.78 is 13.3. The summed E-state index contributed by atoms with van der Waals surface area (Å²) in [5.41, 5.74) is 0. The second-order valence-electron chi connectivity index (χ2n) is 4.50. The average Bonchev–Trinajstić information content (AvgIpc) is 2.41. The Morgan fingerprint density at radius 1 is 1.29 bits per heavy atom. The zero-order valence-corrected chi connectivity index (χ0v) is 9.05. The highest BCUT2D eigenvalue weighted by Crippen LogP contribution is 2.33. The molecule has 0 aromatic heterocycles. The zero-order valence-electron chi connectivity index (χ0n) is 9.05. The van der Waals surface area contributed by atoms with Crippen LogP contribution in [0.4, 0.5) is 4.39 Å². The van der Waals surface area contributed by atoms with E-state index < -0.39 is 6.17 Å². The Morgan fingerprint density at radius 3 is 2.29 bits per heavy atom. The first-order valence-corrected chi connectivity index (χ1v) is 5.83. The second-order valence-corrected chi connectivity index (χ2v) is 4.50. The van der Waals surface area contributed by atoms with Gasteiger partial charge in [0.1, 0.15) is 12.5 Å². The van der Waals surface area contributed by atoms with Gasteiger partial charge in [0.25, 0.3) is 0 Å². The second kappa shape index (κ2) is 6.15. The molecule has 0 radical (unpaired) electrons. The van der Waals surface area contributed by atoms with Crippen LogP contribution in [0.2, 0.25) is 0 Å². The Kier molecular flexibility index (Phi) is 5.13. The van der Waals surface area contributed by atoms with Crippen molar-refractivity contribution in [3.05, 3.63) is 0 Å². The monoisotopic (exact) mass is 200 g/mol. The first-order chi connectivity index (χ1) is 6.75. The van der Waals surface area contributed by atoms with Gasteiger partial charge in [0.2, 0.25) is 0 Å². The standard InChI is InChI=1S/C12H21FO/c1-10(13)12(8-9-14)11-6-4-2-3-5-7-11/h9-12H,2-8H2,1H3. The molecule has 2 unspecified atom stereocenters. The minimum Gasteiger partial charge on any atom is -0.303 e. The first kappa shape index (κ1) is 11.7. The van der Waals surface area contributed by atoms with Gasteiger partial charge in [-0.3, -0.25) is 0 Å². The molecular formula is C12H21FO. The van der Waals surface area contributed by atoms with E-state index in [-0.39, 0.29) is 5.92 Å². The van der Waals surface area contributed by atoms with E-state index in [9.17, 15) is 9.18 Å². The van der Waals surface area contributed by atoms with Crippen LogP contribution in [0.5, 0.6) is 0 Å². The first-order valence-electron chi connectivity index (χ1n) is 5.83. The van der Waals surface area contributed by atoms with Gasteiger partial charge < -0.3 is 4.79 Å². The van der Waals surface area contributed by atoms with Crippen molar-refractivity contribution in [2.45, 2.75) is 58.0 Å². The summed E-state index contributed by atoms with van der Waals surface area (Å²) in [6.07, 6.45) is 7.69. The molecule has 1 nitrogen and oxygen atoms in total. The number of hydrogen-bond acceptors (Lipinski definition) is 1. The number of halogens is 1. The van der Waals surface area contributed by atoms with Crippen LogP contribution in [-0.4, -0.2) is 12.5 Å². The van der Waals surface area contributed by atoms with Crippen molar-refractivity contribution in [2.75, 3.05) is 0 Å². The Balaban J connectivity index is 2.50. The molecule has 1 saturated carbocycles. The maximum absolute atomic E-state index is 13.3. The molecule has 2 heteroatoms. The van der Waals surface area contributed by atoms with Crippen LogP contribution < -0.4 is 0 Å². The van der Waals surface area contributed by atoms with Crippen LogP contribution >= 0.6 is 0 Å². The van der Waals surface area contributed by atoms with Gasteiger partial charge in [0, 0.05) is 6.42 Å². The zero-order chi connectivity index (χ0) is 10.4. The van der Waals surface area contributed by atoms with Crippen LogP contribution in [-0.2, 0) is 4.79 Å². The minimum atomic E-state index is -0.830. The fraction of sp³-hybridized carbons (Fsp3) is 0.917. The summed E-state index contributed by atoms with van der Waals surface area (Å²) in [4.78, 5) is 10.5. The van der Waals surface area contributed by atoms with Crippen molar-refractivity contribution >= 4 is 6.29 Å². The molecule has 82 valence electrons. The lowest BCUT2D eigenvalue weighted by molar-refractivity contribution is -0.109. The summed E-state index contributed by atoms with van der Waals surface area (Å²) in [6, 6.07) is 0. The van der Waals surface area contributed by atoms with E-state index in [4.69, 9.17) is 0 Å². The molecule has 0 amide bonds. The summed E-state index contributed by atoms with van der Waals surface area (Å²) in [7, 11) is 0. The molecule has 0 aliphatic heterocycles. The molecule has 0 N–H and O–H groups in total. The fourth-order valence-corrected chi connectivity index (χ4v) is 2.61. The quantitative estimate of drug-likeness (QED) is 0.501. The van der Waals surface area contributed by atoms with Gasteiger partial charge in [-0.15, -0.1) is 0 Å². The van der Waals surface area contributed by atoms with Crippen molar-refractivity contribution in [1.82, 2.24) is 0 Å². The van der Waals surface area contributed by atoms with E-state index in [0.717, 1.165) is 19.1 Å². The van der Waals surface area contributed by atoms with Crippen LogP contribution in [0.25, 0.3) is 0 Å². The normalized spacial score (nSPS) is 23.9. The third-order valence-electron chi connectivity index (χ3n) is 3.46. The van der Waals surface area contributed by atoms with Crippen molar-refractivity contribution < 1.29 is 9.18 Å². The number of carbonyl (C=O) groups excluding carboxylic acids is 1. The molecule has 0 aromatic rings. The van der Waals surface area contributed by atoms with Crippen LogP contribution in [0, 0.1) is 11.8 Å². The number of hydrogen-bond donors (Lipinski definition) is 0. The average molecular weight is 200 g/mol. The van der Waals surface area contributed by atoms with Gasteiger partial charge in [-0.05, 0) is 18.8 Å². The molecule has 0 heterocycles. The topological polar surface area (TPSA) is 17.1 Å². The van der Waals surface area contributed by atoms with Crippen LogP contribution in [0.1, 0.15) is 51.9 Å². The van der Waals surface area contributed by atoms with E-state index >= 15 is 0 Å². The van der Waals surface area contributed by atoms with E-state index in [2.05, 4.69) is 0 Å². The molecule has 1 aliphatic carbocycles.